The highest BCUT2D eigenvalue weighted by Crippen LogP contribution is 2.25. The fourth-order valence-corrected chi connectivity index (χ4v) is 1.97. The summed E-state index contributed by atoms with van der Waals surface area (Å²) in [4.78, 5) is 25.0. The summed E-state index contributed by atoms with van der Waals surface area (Å²) in [5, 5.41) is 12.1. The van der Waals surface area contributed by atoms with Gasteiger partial charge in [0.15, 0.2) is 0 Å². The number of carbonyl (C=O) groups is 2. The largest absolute Gasteiger partial charge is 0.478 e. The van der Waals surface area contributed by atoms with Gasteiger partial charge in [0.25, 0.3) is 0 Å². The van der Waals surface area contributed by atoms with Crippen LogP contribution in [0, 0.1) is 0 Å². The molecule has 2 rings (SSSR count). The van der Waals surface area contributed by atoms with Gasteiger partial charge in [-0.15, -0.1) is 0 Å². The molecule has 6 heteroatoms. The van der Waals surface area contributed by atoms with Crippen molar-refractivity contribution in [2.45, 2.75) is 31.8 Å². The summed E-state index contributed by atoms with van der Waals surface area (Å²) in [6.07, 6.45) is 2.04. The molecule has 1 aromatic carbocycles. The second-order valence-corrected chi connectivity index (χ2v) is 5.15. The van der Waals surface area contributed by atoms with Crippen LogP contribution in [-0.4, -0.2) is 36.1 Å². The molecule has 1 aliphatic carbocycles. The summed E-state index contributed by atoms with van der Waals surface area (Å²) >= 11 is 0. The van der Waals surface area contributed by atoms with E-state index in [0.29, 0.717) is 11.4 Å². The van der Waals surface area contributed by atoms with Crippen molar-refractivity contribution in [3.8, 4) is 0 Å². The van der Waals surface area contributed by atoms with Gasteiger partial charge >= 0.3 is 5.97 Å². The van der Waals surface area contributed by atoms with Gasteiger partial charge in [-0.2, -0.15) is 0 Å². The minimum atomic E-state index is -1.06. The average molecular weight is 277 g/mol. The van der Waals surface area contributed by atoms with Crippen LogP contribution in [0.3, 0.4) is 0 Å². The minimum Gasteiger partial charge on any atom is -0.478 e. The SMILES string of the molecule is CC(C(=O)NC1CC1)N(C)c1ccc(N)cc1C(=O)O. The normalized spacial score (nSPS) is 15.5. The third-order valence-electron chi connectivity index (χ3n) is 3.52. The second kappa shape index (κ2) is 5.40. The molecule has 4 N–H and O–H groups in total. The maximum Gasteiger partial charge on any atom is 0.337 e. The van der Waals surface area contributed by atoms with Crippen molar-refractivity contribution in [2.24, 2.45) is 0 Å². The standard InChI is InChI=1S/C14H19N3O3/c1-8(13(18)16-10-4-5-10)17(2)12-6-3-9(15)7-11(12)14(19)20/h3,6-8,10H,4-5,15H2,1-2H3,(H,16,18)(H,19,20). The number of nitrogens with two attached hydrogens (primary N) is 1. The van der Waals surface area contributed by atoms with Crippen molar-refractivity contribution in [2.75, 3.05) is 17.7 Å². The molecular formula is C14H19N3O3. The molecule has 0 aromatic heterocycles. The number of aromatic carboxylic acids is 1. The van der Waals surface area contributed by atoms with Crippen LogP contribution in [0.4, 0.5) is 11.4 Å². The zero-order valence-corrected chi connectivity index (χ0v) is 11.6. The lowest BCUT2D eigenvalue weighted by molar-refractivity contribution is -0.122. The Hall–Kier alpha value is -2.24. The molecule has 1 unspecified atom stereocenters. The van der Waals surface area contributed by atoms with E-state index in [-0.39, 0.29) is 17.5 Å². The minimum absolute atomic E-state index is 0.0943. The van der Waals surface area contributed by atoms with Crippen LogP contribution in [0.15, 0.2) is 18.2 Å². The van der Waals surface area contributed by atoms with Crippen molar-refractivity contribution >= 4 is 23.3 Å². The Morgan fingerprint density at radius 1 is 1.45 bits per heavy atom. The lowest BCUT2D eigenvalue weighted by Gasteiger charge is -2.27. The average Bonchev–Trinajstić information content (AvgIpc) is 3.20. The predicted octanol–water partition coefficient (Wildman–Crippen LogP) is 1.07. The number of carboxylic acids is 1. The predicted molar refractivity (Wildman–Crippen MR) is 76.8 cm³/mol. The lowest BCUT2D eigenvalue weighted by atomic mass is 10.1. The smallest absolute Gasteiger partial charge is 0.337 e. The Balaban J connectivity index is 2.20. The highest BCUT2D eigenvalue weighted by Gasteiger charge is 2.28. The molecule has 0 aliphatic heterocycles. The number of hydrogen-bond donors (Lipinski definition) is 3. The molecule has 0 saturated heterocycles. The van der Waals surface area contributed by atoms with Crippen molar-refractivity contribution in [3.63, 3.8) is 0 Å². The van der Waals surface area contributed by atoms with Crippen molar-refractivity contribution in [3.05, 3.63) is 23.8 Å². The molecule has 1 saturated carbocycles. The van der Waals surface area contributed by atoms with E-state index in [2.05, 4.69) is 5.32 Å². The first kappa shape index (κ1) is 14.2. The van der Waals surface area contributed by atoms with Crippen LogP contribution in [0.2, 0.25) is 0 Å². The van der Waals surface area contributed by atoms with Crippen molar-refractivity contribution < 1.29 is 14.7 Å². The molecule has 0 bridgehead atoms. The molecule has 1 atom stereocenters. The number of likely N-dealkylation sites (N-methyl/N-ethyl adjacent to an activating group) is 1. The van der Waals surface area contributed by atoms with E-state index < -0.39 is 12.0 Å². The molecule has 6 nitrogen and oxygen atoms in total. The maximum absolute atomic E-state index is 12.0. The number of benzene rings is 1. The van der Waals surface area contributed by atoms with E-state index in [0.717, 1.165) is 12.8 Å². The van der Waals surface area contributed by atoms with E-state index in [1.807, 2.05) is 0 Å². The van der Waals surface area contributed by atoms with Gasteiger partial charge in [0, 0.05) is 18.8 Å². The lowest BCUT2D eigenvalue weighted by Crippen LogP contribution is -2.44. The van der Waals surface area contributed by atoms with Crippen LogP contribution < -0.4 is 16.0 Å². The number of amides is 1. The van der Waals surface area contributed by atoms with Crippen molar-refractivity contribution in [1.82, 2.24) is 5.32 Å². The van der Waals surface area contributed by atoms with Gasteiger partial charge in [-0.05, 0) is 38.0 Å². The first-order valence-corrected chi connectivity index (χ1v) is 6.56. The number of hydrogen-bond acceptors (Lipinski definition) is 4. The number of nitrogens with one attached hydrogen (secondary N) is 1. The van der Waals surface area contributed by atoms with Crippen LogP contribution in [0.25, 0.3) is 0 Å². The van der Waals surface area contributed by atoms with E-state index in [9.17, 15) is 14.7 Å². The molecular weight excluding hydrogens is 258 g/mol. The van der Waals surface area contributed by atoms with Crippen LogP contribution >= 0.6 is 0 Å². The Morgan fingerprint density at radius 3 is 2.65 bits per heavy atom. The molecule has 20 heavy (non-hydrogen) atoms. The highest BCUT2D eigenvalue weighted by molar-refractivity contribution is 5.97. The van der Waals surface area contributed by atoms with Gasteiger partial charge in [-0.3, -0.25) is 4.79 Å². The summed E-state index contributed by atoms with van der Waals surface area (Å²) < 4.78 is 0. The first-order chi connectivity index (χ1) is 9.40. The van der Waals surface area contributed by atoms with E-state index >= 15 is 0 Å². The summed E-state index contributed by atoms with van der Waals surface area (Å²) in [6.45, 7) is 1.75. The summed E-state index contributed by atoms with van der Waals surface area (Å²) in [5.74, 6) is -1.16. The maximum atomic E-state index is 12.0. The van der Waals surface area contributed by atoms with Crippen LogP contribution in [-0.2, 0) is 4.79 Å². The van der Waals surface area contributed by atoms with Gasteiger partial charge in [-0.1, -0.05) is 0 Å². The molecule has 0 radical (unpaired) electrons. The fraction of sp³-hybridized carbons (Fsp3) is 0.429. The van der Waals surface area contributed by atoms with Gasteiger partial charge in [0.05, 0.1) is 11.3 Å². The molecule has 0 spiro atoms. The van der Waals surface area contributed by atoms with E-state index in [1.54, 1.807) is 31.0 Å². The molecule has 1 amide bonds. The topological polar surface area (TPSA) is 95.7 Å². The van der Waals surface area contributed by atoms with Gasteiger partial charge in [-0.25, -0.2) is 4.79 Å². The number of rotatable bonds is 5. The Labute approximate surface area is 117 Å². The Bertz CT molecular complexity index is 540. The Morgan fingerprint density at radius 2 is 2.10 bits per heavy atom. The van der Waals surface area contributed by atoms with Gasteiger partial charge in [0.1, 0.15) is 6.04 Å². The monoisotopic (exact) mass is 277 g/mol. The van der Waals surface area contributed by atoms with Crippen LogP contribution in [0.1, 0.15) is 30.1 Å². The number of nitrogen functional groups attached to an aromatic ring is 1. The number of anilines is 2. The van der Waals surface area contributed by atoms with Gasteiger partial charge in [0.2, 0.25) is 5.91 Å². The molecule has 1 fully saturated rings. The number of carboxylic acid groups (broad SMARTS) is 1. The van der Waals surface area contributed by atoms with Gasteiger partial charge < -0.3 is 21.1 Å². The third kappa shape index (κ3) is 3.01. The van der Waals surface area contributed by atoms with Crippen LogP contribution in [0.5, 0.6) is 0 Å². The summed E-state index contributed by atoms with van der Waals surface area (Å²) in [5.41, 5.74) is 6.57. The quantitative estimate of drug-likeness (QED) is 0.700. The van der Waals surface area contributed by atoms with E-state index in [1.165, 1.54) is 6.07 Å². The zero-order valence-electron chi connectivity index (χ0n) is 11.6. The third-order valence-corrected chi connectivity index (χ3v) is 3.52. The second-order valence-electron chi connectivity index (χ2n) is 5.15. The molecule has 1 aromatic rings. The van der Waals surface area contributed by atoms with E-state index in [4.69, 9.17) is 5.73 Å². The highest BCUT2D eigenvalue weighted by atomic mass is 16.4. The molecule has 1 aliphatic rings. The molecule has 0 heterocycles. The Kier molecular flexibility index (Phi) is 3.83. The fourth-order valence-electron chi connectivity index (χ4n) is 1.97. The van der Waals surface area contributed by atoms with Crippen molar-refractivity contribution in [1.29, 1.82) is 0 Å². The zero-order chi connectivity index (χ0) is 14.9. The first-order valence-electron chi connectivity index (χ1n) is 6.56. The summed E-state index contributed by atoms with van der Waals surface area (Å²) in [6, 6.07) is 4.49. The number of nitrogens with zero attached hydrogens (tertiary/aromatic N) is 1. The molecule has 108 valence electrons. The number of carbonyl (C=O) groups excluding carboxylic acids is 1. The summed E-state index contributed by atoms with van der Waals surface area (Å²) in [7, 11) is 1.70.